The van der Waals surface area contributed by atoms with Crippen molar-refractivity contribution in [3.8, 4) is 0 Å². The lowest BCUT2D eigenvalue weighted by molar-refractivity contribution is -0.115. The Kier molecular flexibility index (Phi) is 3.95. The molecule has 11 heavy (non-hydrogen) atoms. The fourth-order valence-corrected chi connectivity index (χ4v) is 0.542. The third-order valence-corrected chi connectivity index (χ3v) is 1.05. The summed E-state index contributed by atoms with van der Waals surface area (Å²) in [5.41, 5.74) is 8.76. The molecular weight excluding hydrogens is 142 g/mol. The Morgan fingerprint density at radius 1 is 1.55 bits per heavy atom. The molecule has 0 unspecified atom stereocenters. The molecule has 0 aliphatic carbocycles. The van der Waals surface area contributed by atoms with Gasteiger partial charge in [0, 0.05) is 6.21 Å². The predicted octanol–water partition coefficient (Wildman–Crippen LogP) is 0.361. The lowest BCUT2D eigenvalue weighted by atomic mass is 10.2. The van der Waals surface area contributed by atoms with Crippen LogP contribution in [0.15, 0.2) is 16.4 Å². The number of hydrogen-bond acceptors (Lipinski definition) is 3. The van der Waals surface area contributed by atoms with Crippen LogP contribution < -0.4 is 11.2 Å². The minimum absolute atomic E-state index is 0.350. The Labute approximate surface area is 66.2 Å². The Morgan fingerprint density at radius 3 is 2.36 bits per heavy atom. The van der Waals surface area contributed by atoms with Crippen LogP contribution in [0.2, 0.25) is 0 Å². The number of carbonyl (C=O) groups is 1. The van der Waals surface area contributed by atoms with Gasteiger partial charge in [-0.2, -0.15) is 5.10 Å². The molecule has 0 rings (SSSR count). The summed E-state index contributed by atoms with van der Waals surface area (Å²) in [7, 11) is 0. The van der Waals surface area contributed by atoms with Crippen LogP contribution in [0.3, 0.4) is 0 Å². The first-order valence-electron chi connectivity index (χ1n) is 3.30. The summed E-state index contributed by atoms with van der Waals surface area (Å²) in [4.78, 5) is 10.7. The molecule has 62 valence electrons. The fourth-order valence-electron chi connectivity index (χ4n) is 0.542. The minimum atomic E-state index is -0.490. The lowest BCUT2D eigenvalue weighted by Gasteiger charge is -2.02. The molecule has 0 aliphatic rings. The van der Waals surface area contributed by atoms with Crippen LogP contribution in [0.5, 0.6) is 0 Å². The van der Waals surface area contributed by atoms with Crippen molar-refractivity contribution in [1.29, 1.82) is 0 Å². The van der Waals surface area contributed by atoms with E-state index in [2.05, 4.69) is 10.5 Å². The van der Waals surface area contributed by atoms with Crippen molar-refractivity contribution in [2.24, 2.45) is 10.8 Å². The van der Waals surface area contributed by atoms with Crippen LogP contribution in [0.1, 0.15) is 20.8 Å². The fraction of sp³-hybridized carbons (Fsp3) is 0.429. The van der Waals surface area contributed by atoms with Gasteiger partial charge in [-0.15, -0.1) is 0 Å². The zero-order valence-electron chi connectivity index (χ0n) is 7.01. The van der Waals surface area contributed by atoms with Gasteiger partial charge in [-0.3, -0.25) is 10.2 Å². The van der Waals surface area contributed by atoms with Gasteiger partial charge in [0.1, 0.15) is 5.70 Å². The van der Waals surface area contributed by atoms with Crippen LogP contribution in [0.25, 0.3) is 0 Å². The third-order valence-electron chi connectivity index (χ3n) is 1.05. The molecule has 0 bridgehead atoms. The van der Waals surface area contributed by atoms with Crippen LogP contribution >= 0.6 is 0 Å². The summed E-state index contributed by atoms with van der Waals surface area (Å²) in [6.45, 7) is 5.33. The van der Waals surface area contributed by atoms with Gasteiger partial charge in [0.25, 0.3) is 5.91 Å². The third kappa shape index (κ3) is 3.40. The van der Waals surface area contributed by atoms with E-state index in [1.54, 1.807) is 27.0 Å². The average molecular weight is 155 g/mol. The van der Waals surface area contributed by atoms with Gasteiger partial charge < -0.3 is 5.73 Å². The molecule has 0 heterocycles. The number of nitrogens with two attached hydrogens (primary N) is 1. The highest BCUT2D eigenvalue weighted by Gasteiger charge is 2.03. The normalized spacial score (nSPS) is 9.73. The molecule has 0 radical (unpaired) electrons. The molecule has 0 spiro atoms. The number of hydrogen-bond donors (Lipinski definition) is 2. The number of rotatable bonds is 3. The van der Waals surface area contributed by atoms with Crippen molar-refractivity contribution in [2.45, 2.75) is 20.8 Å². The second-order valence-electron chi connectivity index (χ2n) is 2.24. The monoisotopic (exact) mass is 155 g/mol. The Balaban J connectivity index is 4.38. The van der Waals surface area contributed by atoms with Gasteiger partial charge >= 0.3 is 0 Å². The van der Waals surface area contributed by atoms with Crippen LogP contribution in [-0.4, -0.2) is 12.1 Å². The van der Waals surface area contributed by atoms with Crippen molar-refractivity contribution in [3.63, 3.8) is 0 Å². The summed E-state index contributed by atoms with van der Waals surface area (Å²) in [5.74, 6) is -0.490. The van der Waals surface area contributed by atoms with E-state index in [1.165, 1.54) is 0 Å². The second kappa shape index (κ2) is 4.49. The molecule has 0 aromatic heterocycles. The molecule has 1 amide bonds. The molecule has 0 fully saturated rings. The van der Waals surface area contributed by atoms with Crippen molar-refractivity contribution in [2.75, 3.05) is 0 Å². The minimum Gasteiger partial charge on any atom is -0.364 e. The molecule has 0 saturated heterocycles. The highest BCUT2D eigenvalue weighted by atomic mass is 16.1. The molecule has 3 N–H and O–H groups in total. The highest BCUT2D eigenvalue weighted by Crippen LogP contribution is 1.97. The smallest absolute Gasteiger partial charge is 0.266 e. The van der Waals surface area contributed by atoms with E-state index in [0.29, 0.717) is 5.70 Å². The van der Waals surface area contributed by atoms with Crippen molar-refractivity contribution >= 4 is 12.1 Å². The van der Waals surface area contributed by atoms with Crippen LogP contribution in [-0.2, 0) is 4.79 Å². The zero-order valence-corrected chi connectivity index (χ0v) is 7.01. The predicted molar refractivity (Wildman–Crippen MR) is 44.9 cm³/mol. The van der Waals surface area contributed by atoms with Crippen molar-refractivity contribution in [1.82, 2.24) is 5.43 Å². The molecule has 0 saturated carbocycles. The molecule has 4 heteroatoms. The van der Waals surface area contributed by atoms with Crippen molar-refractivity contribution in [3.05, 3.63) is 11.3 Å². The van der Waals surface area contributed by atoms with E-state index in [0.717, 1.165) is 5.57 Å². The first-order valence-corrected chi connectivity index (χ1v) is 3.30. The quantitative estimate of drug-likeness (QED) is 0.351. The van der Waals surface area contributed by atoms with E-state index >= 15 is 0 Å². The number of hydrazone groups is 1. The Hall–Kier alpha value is -1.32. The maximum Gasteiger partial charge on any atom is 0.266 e. The summed E-state index contributed by atoms with van der Waals surface area (Å²) < 4.78 is 0. The number of carbonyl (C=O) groups excluding carboxylic acids is 1. The number of nitrogens with one attached hydrogen (secondary N) is 1. The summed E-state index contributed by atoms with van der Waals surface area (Å²) >= 11 is 0. The van der Waals surface area contributed by atoms with Gasteiger partial charge in [0.05, 0.1) is 0 Å². The van der Waals surface area contributed by atoms with Crippen LogP contribution in [0.4, 0.5) is 0 Å². The summed E-state index contributed by atoms with van der Waals surface area (Å²) in [5, 5.41) is 3.68. The van der Waals surface area contributed by atoms with Gasteiger partial charge in [-0.25, -0.2) is 0 Å². The second-order valence-corrected chi connectivity index (χ2v) is 2.24. The molecule has 0 aromatic rings. The number of primary amides is 1. The van der Waals surface area contributed by atoms with E-state index in [-0.39, 0.29) is 0 Å². The molecule has 0 atom stereocenters. The largest absolute Gasteiger partial charge is 0.364 e. The van der Waals surface area contributed by atoms with Gasteiger partial charge in [0.2, 0.25) is 0 Å². The van der Waals surface area contributed by atoms with E-state index < -0.39 is 5.91 Å². The Bertz CT molecular complexity index is 202. The Morgan fingerprint density at radius 2 is 2.09 bits per heavy atom. The van der Waals surface area contributed by atoms with Crippen molar-refractivity contribution < 1.29 is 4.79 Å². The number of allylic oxidation sites excluding steroid dienone is 1. The average Bonchev–Trinajstić information content (AvgIpc) is 1.87. The van der Waals surface area contributed by atoms with E-state index in [4.69, 9.17) is 5.73 Å². The molecule has 0 aromatic carbocycles. The first kappa shape index (κ1) is 9.68. The highest BCUT2D eigenvalue weighted by molar-refractivity contribution is 5.91. The molecule has 4 nitrogen and oxygen atoms in total. The summed E-state index contributed by atoms with van der Waals surface area (Å²) in [6.07, 6.45) is 1.55. The maximum atomic E-state index is 10.7. The SMILES string of the molecule is C/C=N\NC(C(N)=O)=C(C)C. The summed E-state index contributed by atoms with van der Waals surface area (Å²) in [6, 6.07) is 0. The molecule has 0 aliphatic heterocycles. The van der Waals surface area contributed by atoms with E-state index in [9.17, 15) is 4.79 Å². The van der Waals surface area contributed by atoms with E-state index in [1.807, 2.05) is 0 Å². The van der Waals surface area contributed by atoms with Crippen LogP contribution in [0, 0.1) is 0 Å². The zero-order chi connectivity index (χ0) is 8.85. The first-order chi connectivity index (χ1) is 5.09. The maximum absolute atomic E-state index is 10.7. The van der Waals surface area contributed by atoms with Gasteiger partial charge in [-0.05, 0) is 26.3 Å². The standard InChI is InChI=1S/C7H13N3O/c1-4-9-10-6(5(2)3)7(8)11/h4,10H,1-3H3,(H2,8,11)/b9-4-. The topological polar surface area (TPSA) is 67.5 Å². The van der Waals surface area contributed by atoms with Gasteiger partial charge in [-0.1, -0.05) is 0 Å². The molecular formula is C7H13N3O. The lowest BCUT2D eigenvalue weighted by Crippen LogP contribution is -2.24. The van der Waals surface area contributed by atoms with Gasteiger partial charge in [0.15, 0.2) is 0 Å². The number of nitrogens with zero attached hydrogens (tertiary/aromatic N) is 1. The number of amides is 1.